The molecule has 2 aromatic rings. The standard InChI is InChI=1S/C16H19NO2.ClH/c1-17-7-6-11-4-5-12-8-15(18-2)16(19-3)9-13(12)14(11)10-17;/h4-5,8-9H,6-7,10H2,1-3H3;1H. The molecule has 108 valence electrons. The van der Waals surface area contributed by atoms with Gasteiger partial charge in [0.15, 0.2) is 11.5 Å². The van der Waals surface area contributed by atoms with E-state index in [-0.39, 0.29) is 12.4 Å². The van der Waals surface area contributed by atoms with Gasteiger partial charge in [-0.15, -0.1) is 12.4 Å². The lowest BCUT2D eigenvalue weighted by Crippen LogP contribution is -2.26. The summed E-state index contributed by atoms with van der Waals surface area (Å²) in [6.07, 6.45) is 1.12. The molecule has 0 N–H and O–H groups in total. The lowest BCUT2D eigenvalue weighted by molar-refractivity contribution is 0.314. The topological polar surface area (TPSA) is 21.7 Å². The van der Waals surface area contributed by atoms with Crippen LogP contribution in [0.3, 0.4) is 0 Å². The van der Waals surface area contributed by atoms with E-state index in [1.165, 1.54) is 21.9 Å². The smallest absolute Gasteiger partial charge is 0.161 e. The van der Waals surface area contributed by atoms with Gasteiger partial charge in [0.2, 0.25) is 0 Å². The van der Waals surface area contributed by atoms with Gasteiger partial charge in [-0.1, -0.05) is 12.1 Å². The van der Waals surface area contributed by atoms with Crippen LogP contribution in [0.5, 0.6) is 11.5 Å². The maximum Gasteiger partial charge on any atom is 0.161 e. The van der Waals surface area contributed by atoms with Crippen molar-refractivity contribution in [1.29, 1.82) is 0 Å². The van der Waals surface area contributed by atoms with Crippen molar-refractivity contribution in [1.82, 2.24) is 4.90 Å². The number of rotatable bonds is 2. The van der Waals surface area contributed by atoms with Crippen molar-refractivity contribution in [3.05, 3.63) is 35.4 Å². The Hall–Kier alpha value is -1.45. The van der Waals surface area contributed by atoms with Gasteiger partial charge in [0.25, 0.3) is 0 Å². The summed E-state index contributed by atoms with van der Waals surface area (Å²) in [4.78, 5) is 2.36. The minimum absolute atomic E-state index is 0. The predicted molar refractivity (Wildman–Crippen MR) is 84.3 cm³/mol. The summed E-state index contributed by atoms with van der Waals surface area (Å²) in [5, 5.41) is 2.49. The predicted octanol–water partition coefficient (Wildman–Crippen LogP) is 3.27. The first-order valence-electron chi connectivity index (χ1n) is 6.58. The van der Waals surface area contributed by atoms with Gasteiger partial charge in [0.05, 0.1) is 14.2 Å². The van der Waals surface area contributed by atoms with E-state index >= 15 is 0 Å². The molecule has 0 amide bonds. The van der Waals surface area contributed by atoms with E-state index in [2.05, 4.69) is 36.2 Å². The van der Waals surface area contributed by atoms with E-state index in [9.17, 15) is 0 Å². The van der Waals surface area contributed by atoms with Crippen molar-refractivity contribution in [3.63, 3.8) is 0 Å². The third kappa shape index (κ3) is 2.43. The molecule has 1 heterocycles. The van der Waals surface area contributed by atoms with Crippen molar-refractivity contribution >= 4 is 23.2 Å². The molecule has 0 spiro atoms. The zero-order valence-corrected chi connectivity index (χ0v) is 12.9. The zero-order chi connectivity index (χ0) is 13.4. The molecule has 3 nitrogen and oxygen atoms in total. The van der Waals surface area contributed by atoms with Crippen molar-refractivity contribution in [3.8, 4) is 11.5 Å². The van der Waals surface area contributed by atoms with Crippen molar-refractivity contribution in [2.75, 3.05) is 27.8 Å². The summed E-state index contributed by atoms with van der Waals surface area (Å²) < 4.78 is 10.8. The van der Waals surface area contributed by atoms with Gasteiger partial charge >= 0.3 is 0 Å². The molecule has 20 heavy (non-hydrogen) atoms. The quantitative estimate of drug-likeness (QED) is 0.848. The average Bonchev–Trinajstić information content (AvgIpc) is 2.45. The highest BCUT2D eigenvalue weighted by Gasteiger charge is 2.17. The molecule has 1 aliphatic rings. The number of methoxy groups -OCH3 is 2. The van der Waals surface area contributed by atoms with Gasteiger partial charge in [-0.3, -0.25) is 0 Å². The first-order valence-corrected chi connectivity index (χ1v) is 6.58. The molecule has 0 atom stereocenters. The first kappa shape index (κ1) is 14.9. The molecule has 0 saturated heterocycles. The molecule has 1 aliphatic heterocycles. The van der Waals surface area contributed by atoms with Gasteiger partial charge < -0.3 is 14.4 Å². The molecule has 2 aromatic carbocycles. The van der Waals surface area contributed by atoms with Crippen molar-refractivity contribution < 1.29 is 9.47 Å². The molecule has 4 heteroatoms. The number of halogens is 1. The highest BCUT2D eigenvalue weighted by molar-refractivity contribution is 5.90. The van der Waals surface area contributed by atoms with Crippen LogP contribution in [-0.2, 0) is 13.0 Å². The maximum atomic E-state index is 5.42. The number of ether oxygens (including phenoxy) is 2. The maximum absolute atomic E-state index is 5.42. The fourth-order valence-electron chi connectivity index (χ4n) is 2.84. The fourth-order valence-corrected chi connectivity index (χ4v) is 2.84. The Labute approximate surface area is 125 Å². The molecule has 0 saturated carbocycles. The molecule has 0 bridgehead atoms. The van der Waals surface area contributed by atoms with Gasteiger partial charge in [-0.25, -0.2) is 0 Å². The second-order valence-corrected chi connectivity index (χ2v) is 5.12. The molecular formula is C16H20ClNO2. The summed E-state index contributed by atoms with van der Waals surface area (Å²) in [7, 11) is 5.53. The van der Waals surface area contributed by atoms with Crippen LogP contribution in [0.1, 0.15) is 11.1 Å². The van der Waals surface area contributed by atoms with Crippen LogP contribution in [0.25, 0.3) is 10.8 Å². The van der Waals surface area contributed by atoms with Crippen LogP contribution in [0.15, 0.2) is 24.3 Å². The Morgan fingerprint density at radius 3 is 2.45 bits per heavy atom. The first-order chi connectivity index (χ1) is 9.22. The van der Waals surface area contributed by atoms with E-state index in [0.29, 0.717) is 0 Å². The third-order valence-corrected chi connectivity index (χ3v) is 3.92. The fraction of sp³-hybridized carbons (Fsp3) is 0.375. The Kier molecular flexibility index (Phi) is 4.41. The van der Waals surface area contributed by atoms with E-state index in [1.807, 2.05) is 0 Å². The molecule has 0 aromatic heterocycles. The van der Waals surface area contributed by atoms with E-state index in [0.717, 1.165) is 31.0 Å². The van der Waals surface area contributed by atoms with Gasteiger partial charge in [-0.05, 0) is 47.5 Å². The van der Waals surface area contributed by atoms with Crippen molar-refractivity contribution in [2.24, 2.45) is 0 Å². The van der Waals surface area contributed by atoms with Gasteiger partial charge in [0.1, 0.15) is 0 Å². The van der Waals surface area contributed by atoms with Crippen LogP contribution >= 0.6 is 12.4 Å². The second kappa shape index (κ2) is 5.90. The Bertz CT molecular complexity index is 627. The average molecular weight is 294 g/mol. The number of hydrogen-bond donors (Lipinski definition) is 0. The summed E-state index contributed by atoms with van der Waals surface area (Å²) >= 11 is 0. The Morgan fingerprint density at radius 2 is 1.75 bits per heavy atom. The minimum Gasteiger partial charge on any atom is -0.493 e. The monoisotopic (exact) mass is 293 g/mol. The second-order valence-electron chi connectivity index (χ2n) is 5.12. The number of fused-ring (bicyclic) bond motifs is 3. The summed E-state index contributed by atoms with van der Waals surface area (Å²) in [6, 6.07) is 8.59. The van der Waals surface area contributed by atoms with Gasteiger partial charge in [-0.2, -0.15) is 0 Å². The molecule has 0 aliphatic carbocycles. The summed E-state index contributed by atoms with van der Waals surface area (Å²) in [5.74, 6) is 1.59. The van der Waals surface area contributed by atoms with Crippen LogP contribution in [-0.4, -0.2) is 32.7 Å². The SMILES string of the molecule is COc1cc2ccc3c(c2cc1OC)CN(C)CC3.Cl. The van der Waals surface area contributed by atoms with Gasteiger partial charge in [0, 0.05) is 13.1 Å². The van der Waals surface area contributed by atoms with Crippen LogP contribution in [0.2, 0.25) is 0 Å². The molecule has 0 unspecified atom stereocenters. The van der Waals surface area contributed by atoms with Crippen LogP contribution in [0, 0.1) is 0 Å². The lowest BCUT2D eigenvalue weighted by atomic mass is 9.93. The number of likely N-dealkylation sites (N-methyl/N-ethyl adjacent to an activating group) is 1. The Balaban J connectivity index is 0.00000147. The summed E-state index contributed by atoms with van der Waals surface area (Å²) in [5.41, 5.74) is 2.88. The molecule has 0 fully saturated rings. The summed E-state index contributed by atoms with van der Waals surface area (Å²) in [6.45, 7) is 2.13. The highest BCUT2D eigenvalue weighted by atomic mass is 35.5. The van der Waals surface area contributed by atoms with Crippen LogP contribution < -0.4 is 9.47 Å². The third-order valence-electron chi connectivity index (χ3n) is 3.92. The number of hydrogen-bond acceptors (Lipinski definition) is 3. The number of benzene rings is 2. The van der Waals surface area contributed by atoms with E-state index in [4.69, 9.17) is 9.47 Å². The zero-order valence-electron chi connectivity index (χ0n) is 12.1. The van der Waals surface area contributed by atoms with E-state index in [1.54, 1.807) is 14.2 Å². The van der Waals surface area contributed by atoms with E-state index < -0.39 is 0 Å². The van der Waals surface area contributed by atoms with Crippen molar-refractivity contribution in [2.45, 2.75) is 13.0 Å². The molecule has 0 radical (unpaired) electrons. The minimum atomic E-state index is 0. The lowest BCUT2D eigenvalue weighted by Gasteiger charge is -2.26. The molecular weight excluding hydrogens is 274 g/mol. The Morgan fingerprint density at radius 1 is 1.05 bits per heavy atom. The van der Waals surface area contributed by atoms with Crippen LogP contribution in [0.4, 0.5) is 0 Å². The normalized spacial score (nSPS) is 14.6. The number of nitrogens with zero attached hydrogens (tertiary/aromatic N) is 1. The molecule has 3 rings (SSSR count). The highest BCUT2D eigenvalue weighted by Crippen LogP contribution is 2.36. The largest absolute Gasteiger partial charge is 0.493 e.